The highest BCUT2D eigenvalue weighted by Crippen LogP contribution is 2.14. The molecule has 1 fully saturated rings. The number of carbonyl (C=O) groups excluding carboxylic acids is 1. The Morgan fingerprint density at radius 1 is 1.44 bits per heavy atom. The Bertz CT molecular complexity index is 356. The van der Waals surface area contributed by atoms with Gasteiger partial charge in [-0.05, 0) is 12.1 Å². The number of rotatable bonds is 2. The number of hydrogen-bond acceptors (Lipinski definition) is 4. The van der Waals surface area contributed by atoms with E-state index in [-0.39, 0.29) is 11.9 Å². The van der Waals surface area contributed by atoms with Gasteiger partial charge >= 0.3 is 0 Å². The number of hydrogen-bond donors (Lipinski definition) is 3. The number of piperazine rings is 1. The molecule has 5 nitrogen and oxygen atoms in total. The molecule has 0 bridgehead atoms. The van der Waals surface area contributed by atoms with Crippen LogP contribution >= 0.6 is 0 Å². The van der Waals surface area contributed by atoms with Crippen LogP contribution in [0.2, 0.25) is 0 Å². The minimum absolute atomic E-state index is 0.362. The number of anilines is 1. The van der Waals surface area contributed by atoms with Gasteiger partial charge in [0.05, 0.1) is 0 Å². The summed E-state index contributed by atoms with van der Waals surface area (Å²) in [7, 11) is 0. The van der Waals surface area contributed by atoms with Crippen molar-refractivity contribution >= 4 is 11.6 Å². The van der Waals surface area contributed by atoms with Crippen molar-refractivity contribution in [2.24, 2.45) is 0 Å². The zero-order chi connectivity index (χ0) is 11.4. The Kier molecular flexibility index (Phi) is 3.38. The van der Waals surface area contributed by atoms with Crippen LogP contribution in [0.25, 0.3) is 0 Å². The third kappa shape index (κ3) is 2.32. The van der Waals surface area contributed by atoms with Crippen LogP contribution < -0.4 is 15.7 Å². The lowest BCUT2D eigenvalue weighted by Gasteiger charge is -2.34. The molecular weight excluding hydrogens is 206 g/mol. The normalized spacial score (nSPS) is 20.6. The van der Waals surface area contributed by atoms with Crippen LogP contribution in [0.4, 0.5) is 5.69 Å². The van der Waals surface area contributed by atoms with E-state index in [0.717, 1.165) is 18.8 Å². The summed E-state index contributed by atoms with van der Waals surface area (Å²) < 4.78 is 0. The maximum absolute atomic E-state index is 11.3. The Morgan fingerprint density at radius 2 is 2.19 bits per heavy atom. The molecule has 1 aliphatic heterocycles. The molecule has 86 valence electrons. The van der Waals surface area contributed by atoms with Crippen LogP contribution in [0.15, 0.2) is 30.3 Å². The van der Waals surface area contributed by atoms with Gasteiger partial charge in [-0.1, -0.05) is 18.2 Å². The van der Waals surface area contributed by atoms with Crippen LogP contribution in [0, 0.1) is 0 Å². The van der Waals surface area contributed by atoms with E-state index in [1.54, 1.807) is 5.48 Å². The third-order valence-corrected chi connectivity index (χ3v) is 2.72. The molecule has 0 saturated carbocycles. The highest BCUT2D eigenvalue weighted by atomic mass is 16.5. The molecule has 0 aliphatic carbocycles. The summed E-state index contributed by atoms with van der Waals surface area (Å²) in [4.78, 5) is 13.4. The Hall–Kier alpha value is -1.59. The Balaban J connectivity index is 2.05. The van der Waals surface area contributed by atoms with Crippen molar-refractivity contribution in [2.45, 2.75) is 6.04 Å². The SMILES string of the molecule is O=C(NO)[C@@H]1CN(c2ccccc2)CCN1. The number of nitrogens with zero attached hydrogens (tertiary/aromatic N) is 1. The van der Waals surface area contributed by atoms with Crippen LogP contribution in [0.5, 0.6) is 0 Å². The van der Waals surface area contributed by atoms with E-state index >= 15 is 0 Å². The summed E-state index contributed by atoms with van der Waals surface area (Å²) in [5.74, 6) is -0.388. The molecule has 16 heavy (non-hydrogen) atoms. The van der Waals surface area contributed by atoms with E-state index in [9.17, 15) is 4.79 Å². The van der Waals surface area contributed by atoms with Gasteiger partial charge in [0.1, 0.15) is 6.04 Å². The minimum Gasteiger partial charge on any atom is -0.368 e. The van der Waals surface area contributed by atoms with Crippen molar-refractivity contribution in [1.82, 2.24) is 10.8 Å². The van der Waals surface area contributed by atoms with Crippen molar-refractivity contribution in [1.29, 1.82) is 0 Å². The lowest BCUT2D eigenvalue weighted by molar-refractivity contribution is -0.131. The first kappa shape index (κ1) is 10.9. The summed E-state index contributed by atoms with van der Waals surface area (Å²) in [6, 6.07) is 9.57. The van der Waals surface area contributed by atoms with E-state index < -0.39 is 0 Å². The fraction of sp³-hybridized carbons (Fsp3) is 0.364. The van der Waals surface area contributed by atoms with Crippen LogP contribution in [-0.4, -0.2) is 36.8 Å². The number of para-hydroxylation sites is 1. The van der Waals surface area contributed by atoms with Crippen molar-refractivity contribution in [3.63, 3.8) is 0 Å². The summed E-state index contributed by atoms with van der Waals surface area (Å²) in [5.41, 5.74) is 2.78. The molecule has 0 radical (unpaired) electrons. The molecule has 3 N–H and O–H groups in total. The van der Waals surface area contributed by atoms with Crippen molar-refractivity contribution in [2.75, 3.05) is 24.5 Å². The lowest BCUT2D eigenvalue weighted by Crippen LogP contribution is -2.56. The van der Waals surface area contributed by atoms with Gasteiger partial charge in [0.15, 0.2) is 0 Å². The molecule has 0 unspecified atom stereocenters. The molecule has 0 aromatic heterocycles. The van der Waals surface area contributed by atoms with Crippen LogP contribution in [0.3, 0.4) is 0 Å². The largest absolute Gasteiger partial charge is 0.368 e. The van der Waals surface area contributed by atoms with Gasteiger partial charge in [0, 0.05) is 25.3 Å². The molecular formula is C11H15N3O2. The molecule has 1 aliphatic rings. The van der Waals surface area contributed by atoms with Crippen LogP contribution in [0.1, 0.15) is 0 Å². The van der Waals surface area contributed by atoms with Crippen molar-refractivity contribution in [3.8, 4) is 0 Å². The second-order valence-corrected chi connectivity index (χ2v) is 3.76. The molecule has 2 rings (SSSR count). The highest BCUT2D eigenvalue weighted by molar-refractivity contribution is 5.81. The molecule has 1 aromatic carbocycles. The molecule has 1 heterocycles. The summed E-state index contributed by atoms with van der Waals surface area (Å²) >= 11 is 0. The standard InChI is InChI=1S/C11H15N3O2/c15-11(13-16)10-8-14(7-6-12-10)9-4-2-1-3-5-9/h1-5,10,12,16H,6-8H2,(H,13,15)/t10-/m0/s1. The number of carbonyl (C=O) groups is 1. The average Bonchev–Trinajstić information content (AvgIpc) is 2.39. The lowest BCUT2D eigenvalue weighted by atomic mass is 10.1. The fourth-order valence-electron chi connectivity index (χ4n) is 1.88. The molecule has 5 heteroatoms. The van der Waals surface area contributed by atoms with Crippen molar-refractivity contribution in [3.05, 3.63) is 30.3 Å². The van der Waals surface area contributed by atoms with E-state index in [1.165, 1.54) is 0 Å². The van der Waals surface area contributed by atoms with E-state index in [2.05, 4.69) is 10.2 Å². The topological polar surface area (TPSA) is 64.6 Å². The monoisotopic (exact) mass is 221 g/mol. The second kappa shape index (κ2) is 4.96. The first-order valence-corrected chi connectivity index (χ1v) is 5.28. The summed E-state index contributed by atoms with van der Waals surface area (Å²) in [6.45, 7) is 2.16. The van der Waals surface area contributed by atoms with Gasteiger partial charge < -0.3 is 10.2 Å². The fourth-order valence-corrected chi connectivity index (χ4v) is 1.88. The maximum atomic E-state index is 11.3. The highest BCUT2D eigenvalue weighted by Gasteiger charge is 2.24. The van der Waals surface area contributed by atoms with Gasteiger partial charge in [-0.15, -0.1) is 0 Å². The zero-order valence-electron chi connectivity index (χ0n) is 8.89. The second-order valence-electron chi connectivity index (χ2n) is 3.76. The van der Waals surface area contributed by atoms with Gasteiger partial charge in [0.25, 0.3) is 5.91 Å². The van der Waals surface area contributed by atoms with Gasteiger partial charge in [-0.25, -0.2) is 5.48 Å². The minimum atomic E-state index is -0.388. The van der Waals surface area contributed by atoms with E-state index in [4.69, 9.17) is 5.21 Å². The third-order valence-electron chi connectivity index (χ3n) is 2.72. The average molecular weight is 221 g/mol. The molecule has 1 aromatic rings. The Morgan fingerprint density at radius 3 is 2.88 bits per heavy atom. The zero-order valence-corrected chi connectivity index (χ0v) is 8.89. The van der Waals surface area contributed by atoms with Crippen molar-refractivity contribution < 1.29 is 10.0 Å². The Labute approximate surface area is 94.0 Å². The first-order valence-electron chi connectivity index (χ1n) is 5.28. The maximum Gasteiger partial charge on any atom is 0.262 e. The van der Waals surface area contributed by atoms with Crippen LogP contribution in [-0.2, 0) is 4.79 Å². The molecule has 1 atom stereocenters. The molecule has 1 saturated heterocycles. The number of nitrogens with one attached hydrogen (secondary N) is 2. The summed E-state index contributed by atoms with van der Waals surface area (Å²) in [6.07, 6.45) is 0. The number of benzene rings is 1. The first-order chi connectivity index (χ1) is 7.81. The predicted molar refractivity (Wildman–Crippen MR) is 60.4 cm³/mol. The van der Waals surface area contributed by atoms with E-state index in [0.29, 0.717) is 6.54 Å². The van der Waals surface area contributed by atoms with Gasteiger partial charge in [-0.3, -0.25) is 10.0 Å². The number of amides is 1. The van der Waals surface area contributed by atoms with Gasteiger partial charge in [-0.2, -0.15) is 0 Å². The summed E-state index contributed by atoms with van der Waals surface area (Å²) in [5, 5.41) is 11.6. The number of hydroxylamine groups is 1. The predicted octanol–water partition coefficient (Wildman–Crippen LogP) is -0.0298. The smallest absolute Gasteiger partial charge is 0.262 e. The quantitative estimate of drug-likeness (QED) is 0.485. The van der Waals surface area contributed by atoms with E-state index in [1.807, 2.05) is 30.3 Å². The van der Waals surface area contributed by atoms with Gasteiger partial charge in [0.2, 0.25) is 0 Å². The molecule has 0 spiro atoms. The molecule has 1 amide bonds.